The van der Waals surface area contributed by atoms with Crippen molar-refractivity contribution < 1.29 is 9.53 Å². The fraction of sp³-hybridized carbons (Fsp3) is 0.929. The van der Waals surface area contributed by atoms with Crippen LogP contribution in [0.15, 0.2) is 0 Å². The Morgan fingerprint density at radius 3 is 2.94 bits per heavy atom. The minimum Gasteiger partial charge on any atom is -0.375 e. The van der Waals surface area contributed by atoms with Crippen LogP contribution in [0, 0.1) is 11.8 Å². The van der Waals surface area contributed by atoms with Crippen LogP contribution in [0.25, 0.3) is 0 Å². The van der Waals surface area contributed by atoms with Gasteiger partial charge < -0.3 is 15.4 Å². The summed E-state index contributed by atoms with van der Waals surface area (Å²) in [6.45, 7) is 6.41. The molecule has 0 aromatic heterocycles. The average Bonchev–Trinajstić information content (AvgIpc) is 2.41. The predicted octanol–water partition coefficient (Wildman–Crippen LogP) is 1.39. The lowest BCUT2D eigenvalue weighted by atomic mass is 9.77. The highest BCUT2D eigenvalue weighted by atomic mass is 16.5. The van der Waals surface area contributed by atoms with Crippen LogP contribution in [-0.4, -0.2) is 42.6 Å². The molecule has 0 bridgehead atoms. The van der Waals surface area contributed by atoms with E-state index in [1.54, 1.807) is 0 Å². The molecule has 4 heteroatoms. The Morgan fingerprint density at radius 1 is 1.44 bits per heavy atom. The number of carbonyl (C=O) groups excluding carboxylic acids is 1. The first-order chi connectivity index (χ1) is 8.63. The summed E-state index contributed by atoms with van der Waals surface area (Å²) in [4.78, 5) is 14.5. The van der Waals surface area contributed by atoms with Crippen LogP contribution in [0.2, 0.25) is 0 Å². The van der Waals surface area contributed by atoms with Crippen molar-refractivity contribution in [2.45, 2.75) is 51.7 Å². The standard InChI is InChI=1S/C14H26N2O2/c1-3-11-9-16(7-8-18-11)14(17)12-6-4-5-10(2)13(12)15/h10-13H,3-9,15H2,1-2H3. The Labute approximate surface area is 110 Å². The number of hydrogen-bond donors (Lipinski definition) is 1. The molecule has 104 valence electrons. The maximum atomic E-state index is 12.6. The van der Waals surface area contributed by atoms with Crippen LogP contribution in [-0.2, 0) is 9.53 Å². The van der Waals surface area contributed by atoms with E-state index in [1.165, 1.54) is 0 Å². The first-order valence-electron chi connectivity index (χ1n) is 7.29. The molecule has 1 heterocycles. The number of carbonyl (C=O) groups is 1. The maximum absolute atomic E-state index is 12.6. The van der Waals surface area contributed by atoms with Gasteiger partial charge in [-0.15, -0.1) is 0 Å². The molecule has 4 atom stereocenters. The molecule has 4 unspecified atom stereocenters. The van der Waals surface area contributed by atoms with Gasteiger partial charge in [0.25, 0.3) is 0 Å². The first kappa shape index (κ1) is 13.8. The zero-order valence-corrected chi connectivity index (χ0v) is 11.6. The van der Waals surface area contributed by atoms with Crippen molar-refractivity contribution >= 4 is 5.91 Å². The van der Waals surface area contributed by atoms with Crippen molar-refractivity contribution in [2.75, 3.05) is 19.7 Å². The molecular weight excluding hydrogens is 228 g/mol. The van der Waals surface area contributed by atoms with Crippen LogP contribution in [0.3, 0.4) is 0 Å². The van der Waals surface area contributed by atoms with Gasteiger partial charge in [-0.1, -0.05) is 20.3 Å². The summed E-state index contributed by atoms with van der Waals surface area (Å²) in [6, 6.07) is 0.0363. The van der Waals surface area contributed by atoms with E-state index in [-0.39, 0.29) is 24.0 Å². The van der Waals surface area contributed by atoms with Gasteiger partial charge in [-0.25, -0.2) is 0 Å². The van der Waals surface area contributed by atoms with Gasteiger partial charge in [-0.3, -0.25) is 4.79 Å². The Bertz CT molecular complexity index is 296. The molecule has 1 amide bonds. The van der Waals surface area contributed by atoms with Crippen molar-refractivity contribution in [3.05, 3.63) is 0 Å². The molecule has 1 aliphatic carbocycles. The van der Waals surface area contributed by atoms with Crippen LogP contribution in [0.4, 0.5) is 0 Å². The van der Waals surface area contributed by atoms with Crippen molar-refractivity contribution in [3.8, 4) is 0 Å². The Kier molecular flexibility index (Phi) is 4.62. The Morgan fingerprint density at radius 2 is 2.22 bits per heavy atom. The molecule has 0 radical (unpaired) electrons. The topological polar surface area (TPSA) is 55.6 Å². The maximum Gasteiger partial charge on any atom is 0.227 e. The number of nitrogens with two attached hydrogens (primary N) is 1. The molecule has 0 aromatic rings. The van der Waals surface area contributed by atoms with Crippen LogP contribution >= 0.6 is 0 Å². The molecule has 0 spiro atoms. The third-order valence-electron chi connectivity index (χ3n) is 4.52. The number of morpholine rings is 1. The SMILES string of the molecule is CCC1CN(C(=O)C2CCCC(C)C2N)CCO1. The van der Waals surface area contributed by atoms with Crippen molar-refractivity contribution in [1.29, 1.82) is 0 Å². The second-order valence-electron chi connectivity index (χ2n) is 5.78. The lowest BCUT2D eigenvalue weighted by Gasteiger charge is -2.39. The van der Waals surface area contributed by atoms with Crippen LogP contribution < -0.4 is 5.73 Å². The molecule has 2 fully saturated rings. The second kappa shape index (κ2) is 6.02. The number of nitrogens with zero attached hydrogens (tertiary/aromatic N) is 1. The highest BCUT2D eigenvalue weighted by Crippen LogP contribution is 2.29. The lowest BCUT2D eigenvalue weighted by Crippen LogP contribution is -2.53. The van der Waals surface area contributed by atoms with Gasteiger partial charge in [0.2, 0.25) is 5.91 Å². The Balaban J connectivity index is 1.97. The number of ether oxygens (including phenoxy) is 1. The van der Waals surface area contributed by atoms with Crippen molar-refractivity contribution in [1.82, 2.24) is 4.90 Å². The zero-order chi connectivity index (χ0) is 13.1. The zero-order valence-electron chi connectivity index (χ0n) is 11.6. The molecule has 2 N–H and O–H groups in total. The molecule has 1 saturated heterocycles. The van der Waals surface area contributed by atoms with E-state index in [9.17, 15) is 4.79 Å². The lowest BCUT2D eigenvalue weighted by molar-refractivity contribution is -0.145. The fourth-order valence-electron chi connectivity index (χ4n) is 3.13. The molecule has 0 aromatic carbocycles. The smallest absolute Gasteiger partial charge is 0.227 e. The molecule has 2 aliphatic rings. The van der Waals surface area contributed by atoms with Gasteiger partial charge in [0.05, 0.1) is 18.6 Å². The first-order valence-corrected chi connectivity index (χ1v) is 7.29. The van der Waals surface area contributed by atoms with Gasteiger partial charge in [0.1, 0.15) is 0 Å². The Hall–Kier alpha value is -0.610. The molecular formula is C14H26N2O2. The predicted molar refractivity (Wildman–Crippen MR) is 71.1 cm³/mol. The van der Waals surface area contributed by atoms with Gasteiger partial charge in [0.15, 0.2) is 0 Å². The summed E-state index contributed by atoms with van der Waals surface area (Å²) in [5.41, 5.74) is 6.22. The van der Waals surface area contributed by atoms with E-state index in [0.717, 1.165) is 38.8 Å². The van der Waals surface area contributed by atoms with E-state index < -0.39 is 0 Å². The van der Waals surface area contributed by atoms with Gasteiger partial charge in [0, 0.05) is 19.1 Å². The van der Waals surface area contributed by atoms with Crippen molar-refractivity contribution in [3.63, 3.8) is 0 Å². The third-order valence-corrected chi connectivity index (χ3v) is 4.52. The summed E-state index contributed by atoms with van der Waals surface area (Å²) in [6.07, 6.45) is 4.42. The molecule has 1 saturated carbocycles. The summed E-state index contributed by atoms with van der Waals surface area (Å²) >= 11 is 0. The molecule has 1 aliphatic heterocycles. The summed E-state index contributed by atoms with van der Waals surface area (Å²) in [7, 11) is 0. The quantitative estimate of drug-likeness (QED) is 0.810. The third kappa shape index (κ3) is 2.86. The van der Waals surface area contributed by atoms with Crippen LogP contribution in [0.1, 0.15) is 39.5 Å². The minimum atomic E-state index is 0.0318. The van der Waals surface area contributed by atoms with E-state index in [1.807, 2.05) is 4.90 Å². The molecule has 18 heavy (non-hydrogen) atoms. The highest BCUT2D eigenvalue weighted by Gasteiger charge is 2.36. The van der Waals surface area contributed by atoms with Crippen LogP contribution in [0.5, 0.6) is 0 Å². The molecule has 2 rings (SSSR count). The monoisotopic (exact) mass is 254 g/mol. The van der Waals surface area contributed by atoms with Gasteiger partial charge in [-0.05, 0) is 25.2 Å². The summed E-state index contributed by atoms with van der Waals surface area (Å²) < 4.78 is 5.62. The number of rotatable bonds is 2. The normalized spacial score (nSPS) is 37.6. The molecule has 4 nitrogen and oxygen atoms in total. The van der Waals surface area contributed by atoms with Gasteiger partial charge in [-0.2, -0.15) is 0 Å². The summed E-state index contributed by atoms with van der Waals surface area (Å²) in [5, 5.41) is 0. The summed E-state index contributed by atoms with van der Waals surface area (Å²) in [5.74, 6) is 0.760. The van der Waals surface area contributed by atoms with E-state index in [2.05, 4.69) is 13.8 Å². The highest BCUT2D eigenvalue weighted by molar-refractivity contribution is 5.79. The van der Waals surface area contributed by atoms with Crippen molar-refractivity contribution in [2.24, 2.45) is 17.6 Å². The largest absolute Gasteiger partial charge is 0.375 e. The van der Waals surface area contributed by atoms with Gasteiger partial charge >= 0.3 is 0 Å². The second-order valence-corrected chi connectivity index (χ2v) is 5.78. The number of hydrogen-bond acceptors (Lipinski definition) is 3. The van der Waals surface area contributed by atoms with E-state index in [0.29, 0.717) is 12.5 Å². The minimum absolute atomic E-state index is 0.0318. The van der Waals surface area contributed by atoms with E-state index in [4.69, 9.17) is 10.5 Å². The average molecular weight is 254 g/mol. The van der Waals surface area contributed by atoms with E-state index >= 15 is 0 Å². The number of amides is 1. The fourth-order valence-corrected chi connectivity index (χ4v) is 3.13.